The molecule has 0 heterocycles. The first-order chi connectivity index (χ1) is 8.10. The summed E-state index contributed by atoms with van der Waals surface area (Å²) in [5.41, 5.74) is 0.211. The van der Waals surface area contributed by atoms with E-state index in [4.69, 9.17) is 11.7 Å². The van der Waals surface area contributed by atoms with Gasteiger partial charge in [-0.25, -0.2) is 11.4 Å². The maximum absolute atomic E-state index is 11.0. The number of carboxylic acid groups (broad SMARTS) is 1. The first kappa shape index (κ1) is 11.1. The van der Waals surface area contributed by atoms with Crippen molar-refractivity contribution >= 4 is 5.97 Å². The average molecular weight is 233 g/mol. The Labute approximate surface area is 102 Å². The van der Waals surface area contributed by atoms with Crippen molar-refractivity contribution in [2.75, 3.05) is 0 Å². The van der Waals surface area contributed by atoms with Crippen molar-refractivity contribution in [3.8, 4) is 0 Å². The van der Waals surface area contributed by atoms with Crippen LogP contribution in [0.15, 0.2) is 0 Å². The van der Waals surface area contributed by atoms with Gasteiger partial charge in [0.1, 0.15) is 0 Å². The fourth-order valence-corrected chi connectivity index (χ4v) is 5.14. The fourth-order valence-electron chi connectivity index (χ4n) is 5.14. The molecular weight excluding hydrogens is 214 g/mol. The lowest BCUT2D eigenvalue weighted by Crippen LogP contribution is -2.47. The van der Waals surface area contributed by atoms with Crippen molar-refractivity contribution in [1.82, 2.24) is 0 Å². The summed E-state index contributed by atoms with van der Waals surface area (Å²) in [6.07, 6.45) is 8.29. The molecule has 92 valence electrons. The molecule has 4 bridgehead atoms. The van der Waals surface area contributed by atoms with E-state index in [1.165, 1.54) is 38.5 Å². The van der Waals surface area contributed by atoms with Crippen LogP contribution in [0.1, 0.15) is 44.9 Å². The summed E-state index contributed by atoms with van der Waals surface area (Å²) in [7, 11) is 0. The molecule has 0 spiro atoms. The molecule has 1 N–H and O–H groups in total. The third-order valence-electron chi connectivity index (χ3n) is 5.23. The van der Waals surface area contributed by atoms with Crippen LogP contribution < -0.4 is 0 Å². The monoisotopic (exact) mass is 233 g/mol. The first-order valence-corrected chi connectivity index (χ1v) is 6.69. The number of aliphatic carboxylic acids is 1. The molecule has 4 aliphatic carbocycles. The summed E-state index contributed by atoms with van der Waals surface area (Å²) in [6.45, 7) is 7.04. The van der Waals surface area contributed by atoms with Crippen molar-refractivity contribution in [3.05, 3.63) is 11.4 Å². The number of hydrogen-bond acceptors (Lipinski definition) is 1. The van der Waals surface area contributed by atoms with Gasteiger partial charge in [-0.05, 0) is 61.7 Å². The molecular formula is C14H19NO2. The van der Waals surface area contributed by atoms with Crippen LogP contribution in [0.5, 0.6) is 0 Å². The van der Waals surface area contributed by atoms with Crippen molar-refractivity contribution < 1.29 is 9.90 Å². The van der Waals surface area contributed by atoms with E-state index < -0.39 is 12.0 Å². The molecule has 0 aromatic rings. The summed E-state index contributed by atoms with van der Waals surface area (Å²) >= 11 is 0. The van der Waals surface area contributed by atoms with E-state index in [1.807, 2.05) is 0 Å². The Balaban J connectivity index is 1.78. The zero-order valence-electron chi connectivity index (χ0n) is 10.1. The Bertz CT molecular complexity index is 347. The van der Waals surface area contributed by atoms with Gasteiger partial charge in [0.15, 0.2) is 0 Å². The van der Waals surface area contributed by atoms with E-state index in [-0.39, 0.29) is 5.41 Å². The Kier molecular flexibility index (Phi) is 2.43. The molecule has 0 radical (unpaired) electrons. The van der Waals surface area contributed by atoms with Crippen LogP contribution in [0.3, 0.4) is 0 Å². The van der Waals surface area contributed by atoms with Gasteiger partial charge in [0.05, 0.1) is 0 Å². The Hall–Kier alpha value is -1.04. The lowest BCUT2D eigenvalue weighted by Gasteiger charge is -2.56. The fraction of sp³-hybridized carbons (Fsp3) is 0.857. The van der Waals surface area contributed by atoms with Gasteiger partial charge in [-0.2, -0.15) is 0 Å². The Morgan fingerprint density at radius 1 is 1.24 bits per heavy atom. The highest BCUT2D eigenvalue weighted by atomic mass is 16.4. The molecule has 0 aliphatic heterocycles. The third kappa shape index (κ3) is 1.84. The highest BCUT2D eigenvalue weighted by Crippen LogP contribution is 2.61. The van der Waals surface area contributed by atoms with Gasteiger partial charge in [-0.15, -0.1) is 0 Å². The number of hydrogen-bond donors (Lipinski definition) is 1. The molecule has 1 unspecified atom stereocenters. The molecule has 1 atom stereocenters. The van der Waals surface area contributed by atoms with Gasteiger partial charge >= 0.3 is 12.0 Å². The predicted molar refractivity (Wildman–Crippen MR) is 63.2 cm³/mol. The van der Waals surface area contributed by atoms with Crippen LogP contribution in [0.25, 0.3) is 4.85 Å². The van der Waals surface area contributed by atoms with Gasteiger partial charge < -0.3 is 9.95 Å². The molecule has 3 nitrogen and oxygen atoms in total. The number of nitrogens with zero attached hydrogens (tertiary/aromatic N) is 1. The second-order valence-corrected chi connectivity index (χ2v) is 6.60. The maximum atomic E-state index is 11.0. The molecule has 4 aliphatic rings. The molecule has 4 rings (SSSR count). The molecule has 3 heteroatoms. The third-order valence-corrected chi connectivity index (χ3v) is 5.23. The van der Waals surface area contributed by atoms with Crippen molar-refractivity contribution in [1.29, 1.82) is 0 Å². The van der Waals surface area contributed by atoms with Gasteiger partial charge in [-0.1, -0.05) is 0 Å². The smallest absolute Gasteiger partial charge is 0.387 e. The minimum Gasteiger partial charge on any atom is -0.476 e. The SMILES string of the molecule is [C-]#[N+]C(CC12CC3CC(CC(C3)C1)C2)C(=O)O. The Morgan fingerprint density at radius 3 is 2.06 bits per heavy atom. The maximum Gasteiger partial charge on any atom is 0.387 e. The average Bonchev–Trinajstić information content (AvgIpc) is 2.23. The van der Waals surface area contributed by atoms with Crippen LogP contribution in [-0.4, -0.2) is 17.1 Å². The topological polar surface area (TPSA) is 41.7 Å². The predicted octanol–water partition coefficient (Wildman–Crippen LogP) is 2.97. The molecule has 0 amide bonds. The van der Waals surface area contributed by atoms with Gasteiger partial charge in [-0.3, -0.25) is 0 Å². The van der Waals surface area contributed by atoms with Crippen LogP contribution in [-0.2, 0) is 4.79 Å². The van der Waals surface area contributed by atoms with E-state index in [9.17, 15) is 4.79 Å². The molecule has 4 saturated carbocycles. The largest absolute Gasteiger partial charge is 0.476 e. The summed E-state index contributed by atoms with van der Waals surface area (Å²) < 4.78 is 0. The van der Waals surface area contributed by atoms with E-state index in [0.29, 0.717) is 6.42 Å². The van der Waals surface area contributed by atoms with E-state index >= 15 is 0 Å². The molecule has 0 aromatic carbocycles. The molecule has 17 heavy (non-hydrogen) atoms. The molecule has 0 saturated heterocycles. The van der Waals surface area contributed by atoms with Crippen LogP contribution in [0.2, 0.25) is 0 Å². The van der Waals surface area contributed by atoms with Crippen LogP contribution in [0.4, 0.5) is 0 Å². The van der Waals surface area contributed by atoms with Gasteiger partial charge in [0, 0.05) is 6.42 Å². The van der Waals surface area contributed by atoms with Crippen molar-refractivity contribution in [2.24, 2.45) is 23.2 Å². The summed E-state index contributed by atoms with van der Waals surface area (Å²) in [5, 5.41) is 9.06. The minimum absolute atomic E-state index is 0.211. The van der Waals surface area contributed by atoms with E-state index in [2.05, 4.69) is 4.85 Å². The molecule has 0 aromatic heterocycles. The second-order valence-electron chi connectivity index (χ2n) is 6.60. The van der Waals surface area contributed by atoms with Crippen LogP contribution >= 0.6 is 0 Å². The van der Waals surface area contributed by atoms with Gasteiger partial charge in [0.2, 0.25) is 0 Å². The van der Waals surface area contributed by atoms with Crippen molar-refractivity contribution in [3.63, 3.8) is 0 Å². The minimum atomic E-state index is -0.921. The zero-order valence-corrected chi connectivity index (χ0v) is 10.1. The summed E-state index contributed by atoms with van der Waals surface area (Å²) in [5.74, 6) is 1.58. The zero-order chi connectivity index (χ0) is 12.0. The quantitative estimate of drug-likeness (QED) is 0.761. The van der Waals surface area contributed by atoms with E-state index in [0.717, 1.165) is 17.8 Å². The Morgan fingerprint density at radius 2 is 1.71 bits per heavy atom. The highest BCUT2D eigenvalue weighted by Gasteiger charge is 2.53. The summed E-state index contributed by atoms with van der Waals surface area (Å²) in [4.78, 5) is 14.4. The normalized spacial score (nSPS) is 44.3. The second kappa shape index (κ2) is 3.73. The first-order valence-electron chi connectivity index (χ1n) is 6.69. The summed E-state index contributed by atoms with van der Waals surface area (Å²) in [6, 6.07) is -0.800. The van der Waals surface area contributed by atoms with Crippen LogP contribution in [0, 0.1) is 29.7 Å². The highest BCUT2D eigenvalue weighted by molar-refractivity contribution is 5.75. The number of carbonyl (C=O) groups is 1. The lowest BCUT2D eigenvalue weighted by atomic mass is 9.48. The van der Waals surface area contributed by atoms with Gasteiger partial charge in [0.25, 0.3) is 0 Å². The van der Waals surface area contributed by atoms with Crippen molar-refractivity contribution in [2.45, 2.75) is 51.0 Å². The number of rotatable bonds is 3. The lowest BCUT2D eigenvalue weighted by molar-refractivity contribution is -0.140. The standard InChI is InChI=1S/C14H19NO2/c1-15-12(13(16)17)8-14-5-9-2-10(6-14)4-11(3-9)7-14/h9-12H,2-8H2,(H,16,17). The molecule has 4 fully saturated rings. The van der Waals surface area contributed by atoms with E-state index in [1.54, 1.807) is 0 Å². The number of carboxylic acids is 1.